The quantitative estimate of drug-likeness (QED) is 0.732. The minimum absolute atomic E-state index is 0.0461. The van der Waals surface area contributed by atoms with Crippen molar-refractivity contribution in [2.45, 2.75) is 45.3 Å². The second-order valence-corrected chi connectivity index (χ2v) is 7.83. The van der Waals surface area contributed by atoms with E-state index in [1.165, 1.54) is 6.33 Å². The number of hydrogen-bond donors (Lipinski definition) is 0. The van der Waals surface area contributed by atoms with Crippen LogP contribution < -0.4 is 9.47 Å². The Morgan fingerprint density at radius 2 is 1.93 bits per heavy atom. The topological polar surface area (TPSA) is 73.8 Å². The second-order valence-electron chi connectivity index (χ2n) is 7.47. The highest BCUT2D eigenvalue weighted by atomic mass is 35.5. The molecule has 7 nitrogen and oxygen atoms in total. The van der Waals surface area contributed by atoms with Crippen LogP contribution in [0.4, 0.5) is 4.79 Å². The van der Waals surface area contributed by atoms with E-state index in [2.05, 4.69) is 9.97 Å². The zero-order valence-electron chi connectivity index (χ0n) is 16.0. The summed E-state index contributed by atoms with van der Waals surface area (Å²) >= 11 is 6.26. The number of carbonyl (C=O) groups is 1. The second kappa shape index (κ2) is 7.76. The van der Waals surface area contributed by atoms with Gasteiger partial charge in [0.25, 0.3) is 0 Å². The molecule has 0 aliphatic carbocycles. The van der Waals surface area contributed by atoms with Crippen LogP contribution in [0.5, 0.6) is 11.5 Å². The van der Waals surface area contributed by atoms with Crippen molar-refractivity contribution < 1.29 is 19.0 Å². The molecule has 0 atom stereocenters. The van der Waals surface area contributed by atoms with Crippen LogP contribution in [0.15, 0.2) is 18.5 Å². The number of likely N-dealkylation sites (tertiary alicyclic amines) is 1. The Morgan fingerprint density at radius 1 is 1.22 bits per heavy atom. The predicted octanol–water partition coefficient (Wildman–Crippen LogP) is 4.07. The Balaban J connectivity index is 1.71. The lowest BCUT2D eigenvalue weighted by atomic mass is 10.1. The summed E-state index contributed by atoms with van der Waals surface area (Å²) in [7, 11) is 1.59. The fourth-order valence-corrected chi connectivity index (χ4v) is 3.20. The van der Waals surface area contributed by atoms with Crippen LogP contribution in [0.2, 0.25) is 5.15 Å². The lowest BCUT2D eigenvalue weighted by Gasteiger charge is -2.33. The molecule has 0 saturated carbocycles. The molecule has 1 amide bonds. The van der Waals surface area contributed by atoms with Crippen molar-refractivity contribution in [3.8, 4) is 11.5 Å². The van der Waals surface area contributed by atoms with Gasteiger partial charge in [0.2, 0.25) is 0 Å². The first-order valence-electron chi connectivity index (χ1n) is 8.89. The molecule has 1 fully saturated rings. The Hall–Kier alpha value is -2.28. The number of piperidine rings is 1. The average Bonchev–Trinajstić information content (AvgIpc) is 2.60. The lowest BCUT2D eigenvalue weighted by molar-refractivity contribution is 0.0128. The Kier molecular flexibility index (Phi) is 5.60. The van der Waals surface area contributed by atoms with Gasteiger partial charge in [0.05, 0.1) is 18.0 Å². The molecule has 0 N–H and O–H groups in total. The van der Waals surface area contributed by atoms with E-state index < -0.39 is 5.60 Å². The highest BCUT2D eigenvalue weighted by Gasteiger charge is 2.28. The summed E-state index contributed by atoms with van der Waals surface area (Å²) < 4.78 is 17.0. The summed E-state index contributed by atoms with van der Waals surface area (Å²) in [6.07, 6.45) is 2.47. The van der Waals surface area contributed by atoms with Crippen molar-refractivity contribution in [2.75, 3.05) is 20.2 Å². The van der Waals surface area contributed by atoms with Crippen molar-refractivity contribution in [2.24, 2.45) is 0 Å². The average molecular weight is 394 g/mol. The summed E-state index contributed by atoms with van der Waals surface area (Å²) in [5, 5.41) is 0.999. The number of methoxy groups -OCH3 is 1. The van der Waals surface area contributed by atoms with Crippen molar-refractivity contribution in [1.29, 1.82) is 0 Å². The summed E-state index contributed by atoms with van der Waals surface area (Å²) in [5.41, 5.74) is 0.163. The van der Waals surface area contributed by atoms with Crippen molar-refractivity contribution in [3.63, 3.8) is 0 Å². The number of amides is 1. The number of aromatic nitrogens is 2. The molecule has 1 aliphatic heterocycles. The standard InChI is InChI=1S/C19H24ClN3O4/c1-19(2,3)27-18(24)23-7-5-12(6-8-23)26-15-10-13(25-4)9-14-16(15)17(20)22-11-21-14/h9-12H,5-8H2,1-4H3. The van der Waals surface area contributed by atoms with E-state index in [-0.39, 0.29) is 12.2 Å². The molecule has 3 rings (SSSR count). The van der Waals surface area contributed by atoms with Crippen molar-refractivity contribution >= 4 is 28.6 Å². The molecule has 27 heavy (non-hydrogen) atoms. The number of fused-ring (bicyclic) bond motifs is 1. The van der Waals surface area contributed by atoms with Gasteiger partial charge < -0.3 is 19.1 Å². The van der Waals surface area contributed by atoms with E-state index in [1.807, 2.05) is 20.8 Å². The van der Waals surface area contributed by atoms with Crippen LogP contribution in [0.25, 0.3) is 10.9 Å². The fraction of sp³-hybridized carbons (Fsp3) is 0.526. The number of hydrogen-bond acceptors (Lipinski definition) is 6. The summed E-state index contributed by atoms with van der Waals surface area (Å²) in [4.78, 5) is 22.2. The first-order valence-corrected chi connectivity index (χ1v) is 9.27. The van der Waals surface area contributed by atoms with E-state index in [0.29, 0.717) is 53.5 Å². The van der Waals surface area contributed by atoms with Gasteiger partial charge in [0.1, 0.15) is 34.7 Å². The van der Waals surface area contributed by atoms with Crippen LogP contribution in [-0.4, -0.2) is 52.9 Å². The predicted molar refractivity (Wildman–Crippen MR) is 103 cm³/mol. The Morgan fingerprint density at radius 3 is 2.56 bits per heavy atom. The van der Waals surface area contributed by atoms with Gasteiger partial charge in [0, 0.05) is 38.1 Å². The van der Waals surface area contributed by atoms with E-state index >= 15 is 0 Å². The van der Waals surface area contributed by atoms with Crippen molar-refractivity contribution in [1.82, 2.24) is 14.9 Å². The van der Waals surface area contributed by atoms with Crippen LogP contribution in [0.3, 0.4) is 0 Å². The molecular weight excluding hydrogens is 370 g/mol. The monoisotopic (exact) mass is 393 g/mol. The van der Waals surface area contributed by atoms with E-state index in [4.69, 9.17) is 25.8 Å². The third kappa shape index (κ3) is 4.71. The molecule has 2 aromatic rings. The van der Waals surface area contributed by atoms with E-state index in [0.717, 1.165) is 0 Å². The van der Waals surface area contributed by atoms with Crippen LogP contribution in [-0.2, 0) is 4.74 Å². The van der Waals surface area contributed by atoms with E-state index in [9.17, 15) is 4.79 Å². The van der Waals surface area contributed by atoms with Crippen LogP contribution in [0.1, 0.15) is 33.6 Å². The maximum atomic E-state index is 12.2. The number of benzene rings is 1. The molecule has 8 heteroatoms. The van der Waals surface area contributed by atoms with Gasteiger partial charge in [-0.25, -0.2) is 14.8 Å². The third-order valence-electron chi connectivity index (χ3n) is 4.25. The van der Waals surface area contributed by atoms with Gasteiger partial charge in [-0.1, -0.05) is 11.6 Å². The molecule has 1 aromatic carbocycles. The SMILES string of the molecule is COc1cc(OC2CCN(C(=O)OC(C)(C)C)CC2)c2c(Cl)ncnc2c1. The van der Waals surface area contributed by atoms with Gasteiger partial charge in [0.15, 0.2) is 0 Å². The normalized spacial score (nSPS) is 15.7. The van der Waals surface area contributed by atoms with Crippen molar-refractivity contribution in [3.05, 3.63) is 23.6 Å². The largest absolute Gasteiger partial charge is 0.497 e. The molecular formula is C19H24ClN3O4. The molecule has 0 bridgehead atoms. The Labute approximate surface area is 163 Å². The number of nitrogens with zero attached hydrogens (tertiary/aromatic N) is 3. The van der Waals surface area contributed by atoms with Gasteiger partial charge in [-0.15, -0.1) is 0 Å². The minimum atomic E-state index is -0.499. The van der Waals surface area contributed by atoms with Gasteiger partial charge in [-0.3, -0.25) is 0 Å². The number of ether oxygens (including phenoxy) is 3. The zero-order chi connectivity index (χ0) is 19.6. The molecule has 1 saturated heterocycles. The van der Waals surface area contributed by atoms with Gasteiger partial charge in [-0.2, -0.15) is 0 Å². The Bertz CT molecular complexity index is 830. The highest BCUT2D eigenvalue weighted by molar-refractivity contribution is 6.34. The summed E-state index contributed by atoms with van der Waals surface area (Å²) in [5.74, 6) is 1.23. The fourth-order valence-electron chi connectivity index (χ4n) is 2.96. The maximum Gasteiger partial charge on any atom is 0.410 e. The lowest BCUT2D eigenvalue weighted by Crippen LogP contribution is -2.44. The molecule has 2 heterocycles. The summed E-state index contributed by atoms with van der Waals surface area (Å²) in [6.45, 7) is 6.73. The first-order chi connectivity index (χ1) is 12.8. The van der Waals surface area contributed by atoms with Gasteiger partial charge >= 0.3 is 6.09 Å². The third-order valence-corrected chi connectivity index (χ3v) is 4.54. The maximum absolute atomic E-state index is 12.2. The number of rotatable bonds is 3. The van der Waals surface area contributed by atoms with Gasteiger partial charge in [-0.05, 0) is 20.8 Å². The van der Waals surface area contributed by atoms with Crippen LogP contribution in [0, 0.1) is 0 Å². The van der Waals surface area contributed by atoms with Crippen LogP contribution >= 0.6 is 11.6 Å². The highest BCUT2D eigenvalue weighted by Crippen LogP contribution is 2.35. The summed E-state index contributed by atoms with van der Waals surface area (Å²) in [6, 6.07) is 3.58. The molecule has 1 aliphatic rings. The molecule has 146 valence electrons. The van der Waals surface area contributed by atoms with E-state index in [1.54, 1.807) is 24.1 Å². The zero-order valence-corrected chi connectivity index (χ0v) is 16.7. The number of halogens is 1. The molecule has 0 unspecified atom stereocenters. The number of carbonyl (C=O) groups excluding carboxylic acids is 1. The molecule has 1 aromatic heterocycles. The molecule has 0 spiro atoms. The minimum Gasteiger partial charge on any atom is -0.497 e. The molecule has 0 radical (unpaired) electrons. The smallest absolute Gasteiger partial charge is 0.410 e. The first kappa shape index (κ1) is 19.5.